The van der Waals surface area contributed by atoms with Crippen molar-refractivity contribution in [1.82, 2.24) is 9.88 Å². The molecule has 0 saturated carbocycles. The summed E-state index contributed by atoms with van der Waals surface area (Å²) in [6.07, 6.45) is 0. The zero-order valence-corrected chi connectivity index (χ0v) is 17.9. The van der Waals surface area contributed by atoms with Crippen LogP contribution in [0.4, 0.5) is 4.39 Å². The number of carbonyl (C=O) groups excluding carboxylic acids is 2. The number of benzene rings is 1. The number of halogens is 2. The molecule has 0 N–H and O–H groups in total. The lowest BCUT2D eigenvalue weighted by molar-refractivity contribution is -0.139. The zero-order valence-electron chi connectivity index (χ0n) is 16.3. The fourth-order valence-electron chi connectivity index (χ4n) is 3.18. The maximum Gasteiger partial charge on any atom is 0.338 e. The van der Waals surface area contributed by atoms with Gasteiger partial charge in [0, 0.05) is 23.6 Å². The van der Waals surface area contributed by atoms with Gasteiger partial charge in [0.05, 0.1) is 22.2 Å². The molecular formula is C20H19ClFN3O3S. The van der Waals surface area contributed by atoms with Crippen LogP contribution < -0.4 is 0 Å². The monoisotopic (exact) mass is 435 g/mol. The smallest absolute Gasteiger partial charge is 0.338 e. The van der Waals surface area contributed by atoms with Gasteiger partial charge in [-0.15, -0.1) is 11.3 Å². The number of aryl methyl sites for hydroxylation is 1. The number of carbonyl (C=O) groups is 2. The Morgan fingerprint density at radius 1 is 1.34 bits per heavy atom. The van der Waals surface area contributed by atoms with Gasteiger partial charge < -0.3 is 4.74 Å². The summed E-state index contributed by atoms with van der Waals surface area (Å²) in [6, 6.07) is 3.38. The molecule has 1 aliphatic rings. The summed E-state index contributed by atoms with van der Waals surface area (Å²) >= 11 is 7.61. The van der Waals surface area contributed by atoms with Gasteiger partial charge in [-0.05, 0) is 26.8 Å². The van der Waals surface area contributed by atoms with E-state index in [-0.39, 0.29) is 28.9 Å². The van der Waals surface area contributed by atoms with Crippen LogP contribution in [0.5, 0.6) is 0 Å². The summed E-state index contributed by atoms with van der Waals surface area (Å²) < 4.78 is 19.3. The number of amidine groups is 1. The molecule has 1 aromatic carbocycles. The molecule has 0 radical (unpaired) electrons. The van der Waals surface area contributed by atoms with Gasteiger partial charge in [-0.3, -0.25) is 14.7 Å². The topological polar surface area (TPSA) is 71.9 Å². The van der Waals surface area contributed by atoms with Crippen molar-refractivity contribution in [2.24, 2.45) is 4.99 Å². The number of allylic oxidation sites excluding steroid dienone is 1. The van der Waals surface area contributed by atoms with Gasteiger partial charge in [-0.1, -0.05) is 23.7 Å². The second-order valence-electron chi connectivity index (χ2n) is 6.32. The third kappa shape index (κ3) is 3.95. The van der Waals surface area contributed by atoms with E-state index in [0.29, 0.717) is 17.0 Å². The van der Waals surface area contributed by atoms with Crippen molar-refractivity contribution in [3.63, 3.8) is 0 Å². The summed E-state index contributed by atoms with van der Waals surface area (Å²) in [5.41, 5.74) is 1.27. The van der Waals surface area contributed by atoms with E-state index in [1.54, 1.807) is 25.3 Å². The molecule has 0 fully saturated rings. The molecule has 0 bridgehead atoms. The summed E-state index contributed by atoms with van der Waals surface area (Å²) in [7, 11) is 0. The summed E-state index contributed by atoms with van der Waals surface area (Å²) in [5.74, 6) is -1.32. The first kappa shape index (κ1) is 21.1. The van der Waals surface area contributed by atoms with Crippen molar-refractivity contribution in [2.45, 2.75) is 33.7 Å². The Morgan fingerprint density at radius 3 is 2.66 bits per heavy atom. The third-order valence-electron chi connectivity index (χ3n) is 4.40. The molecule has 6 nitrogen and oxygen atoms in total. The maximum absolute atomic E-state index is 14.1. The van der Waals surface area contributed by atoms with Crippen LogP contribution in [0.3, 0.4) is 0 Å². The van der Waals surface area contributed by atoms with Gasteiger partial charge in [0.1, 0.15) is 17.6 Å². The number of hydrogen-bond donors (Lipinski definition) is 0. The van der Waals surface area contributed by atoms with Gasteiger partial charge in [-0.25, -0.2) is 14.2 Å². The average Bonchev–Trinajstić information content (AvgIpc) is 3.09. The van der Waals surface area contributed by atoms with Gasteiger partial charge in [-0.2, -0.15) is 0 Å². The van der Waals surface area contributed by atoms with Gasteiger partial charge in [0.25, 0.3) is 0 Å². The largest absolute Gasteiger partial charge is 0.463 e. The highest BCUT2D eigenvalue weighted by molar-refractivity contribution is 7.09. The molecule has 1 aliphatic heterocycles. The van der Waals surface area contributed by atoms with Gasteiger partial charge in [0.2, 0.25) is 5.91 Å². The van der Waals surface area contributed by atoms with Crippen LogP contribution in [0.25, 0.3) is 0 Å². The normalized spacial score (nSPS) is 16.7. The second-order valence-corrected chi connectivity index (χ2v) is 7.76. The lowest BCUT2D eigenvalue weighted by Gasteiger charge is -2.32. The Kier molecular flexibility index (Phi) is 6.14. The number of hydrogen-bond acceptors (Lipinski definition) is 6. The number of thiazole rings is 1. The SMILES string of the molecule is CCOC(=O)C1=C(C)N(C(C)=O)C(c2csc(C)n2)=NC1c1cccc(F)c1Cl. The Morgan fingerprint density at radius 2 is 2.07 bits per heavy atom. The Labute approximate surface area is 176 Å². The van der Waals surface area contributed by atoms with Crippen molar-refractivity contribution in [1.29, 1.82) is 0 Å². The first-order valence-corrected chi connectivity index (χ1v) is 10.1. The van der Waals surface area contributed by atoms with Gasteiger partial charge in [0.15, 0.2) is 5.84 Å². The number of aliphatic imine (C=N–C) groups is 1. The standard InChI is InChI=1S/C20H19ClFN3O3S/c1-5-28-20(27)16-10(2)25(12(4)26)19(15-9-29-11(3)23-15)24-18(16)13-7-6-8-14(22)17(13)21/h6-9,18H,5H2,1-4H3. The van der Waals surface area contributed by atoms with E-state index in [4.69, 9.17) is 16.3 Å². The first-order chi connectivity index (χ1) is 13.8. The molecule has 0 saturated heterocycles. The number of aromatic nitrogens is 1. The summed E-state index contributed by atoms with van der Waals surface area (Å²) in [5, 5.41) is 2.43. The lowest BCUT2D eigenvalue weighted by Crippen LogP contribution is -2.40. The quantitative estimate of drug-likeness (QED) is 0.666. The highest BCUT2D eigenvalue weighted by Gasteiger charge is 2.38. The van der Waals surface area contributed by atoms with Crippen molar-refractivity contribution >= 4 is 40.6 Å². The Balaban J connectivity index is 2.28. The van der Waals surface area contributed by atoms with Crippen LogP contribution in [0.15, 0.2) is 39.8 Å². The minimum absolute atomic E-state index is 0.130. The molecule has 2 heterocycles. The molecule has 9 heteroatoms. The number of nitrogens with zero attached hydrogens (tertiary/aromatic N) is 3. The van der Waals surface area contributed by atoms with E-state index in [0.717, 1.165) is 5.01 Å². The van der Waals surface area contributed by atoms with E-state index >= 15 is 0 Å². The second kappa shape index (κ2) is 8.42. The molecule has 1 atom stereocenters. The Hall–Kier alpha value is -2.58. The number of esters is 1. The molecule has 2 aromatic rings. The van der Waals surface area contributed by atoms with E-state index in [2.05, 4.69) is 9.98 Å². The van der Waals surface area contributed by atoms with Crippen LogP contribution >= 0.6 is 22.9 Å². The molecule has 1 aromatic heterocycles. The number of rotatable bonds is 4. The molecule has 0 spiro atoms. The van der Waals surface area contributed by atoms with Crippen LogP contribution in [-0.2, 0) is 14.3 Å². The zero-order chi connectivity index (χ0) is 21.3. The minimum Gasteiger partial charge on any atom is -0.463 e. The molecule has 1 unspecified atom stereocenters. The average molecular weight is 436 g/mol. The molecule has 3 rings (SSSR count). The maximum atomic E-state index is 14.1. The van der Waals surface area contributed by atoms with Crippen molar-refractivity contribution in [3.05, 3.63) is 62.0 Å². The van der Waals surface area contributed by atoms with Crippen molar-refractivity contribution < 1.29 is 18.7 Å². The fourth-order valence-corrected chi connectivity index (χ4v) is 4.00. The Bertz CT molecular complexity index is 1050. The van der Waals surface area contributed by atoms with E-state index in [1.165, 1.54) is 35.3 Å². The van der Waals surface area contributed by atoms with E-state index in [1.807, 2.05) is 6.92 Å². The summed E-state index contributed by atoms with van der Waals surface area (Å²) in [4.78, 5) is 35.6. The predicted molar refractivity (Wildman–Crippen MR) is 109 cm³/mol. The number of ether oxygens (including phenoxy) is 1. The third-order valence-corrected chi connectivity index (χ3v) is 5.57. The highest BCUT2D eigenvalue weighted by Crippen LogP contribution is 2.39. The van der Waals surface area contributed by atoms with Crippen LogP contribution in [0, 0.1) is 12.7 Å². The molecule has 0 aliphatic carbocycles. The van der Waals surface area contributed by atoms with Crippen molar-refractivity contribution in [3.8, 4) is 0 Å². The van der Waals surface area contributed by atoms with E-state index < -0.39 is 17.8 Å². The van der Waals surface area contributed by atoms with Crippen molar-refractivity contribution in [2.75, 3.05) is 6.61 Å². The molecular weight excluding hydrogens is 417 g/mol. The molecule has 1 amide bonds. The van der Waals surface area contributed by atoms with Crippen LogP contribution in [0.2, 0.25) is 5.02 Å². The predicted octanol–water partition coefficient (Wildman–Crippen LogP) is 4.43. The minimum atomic E-state index is -0.940. The lowest BCUT2D eigenvalue weighted by atomic mass is 9.94. The van der Waals surface area contributed by atoms with Gasteiger partial charge >= 0.3 is 5.97 Å². The van der Waals surface area contributed by atoms with Crippen LogP contribution in [0.1, 0.15) is 43.1 Å². The molecule has 29 heavy (non-hydrogen) atoms. The molecule has 152 valence electrons. The highest BCUT2D eigenvalue weighted by atomic mass is 35.5. The summed E-state index contributed by atoms with van der Waals surface area (Å²) in [6.45, 7) is 6.65. The van der Waals surface area contributed by atoms with E-state index in [9.17, 15) is 14.0 Å². The fraction of sp³-hybridized carbons (Fsp3) is 0.300. The van der Waals surface area contributed by atoms with Crippen LogP contribution in [-0.4, -0.2) is 34.2 Å². The number of amides is 1. The first-order valence-electron chi connectivity index (χ1n) is 8.89.